The molecular weight excluding hydrogens is 286 g/mol. The molecule has 0 bridgehead atoms. The summed E-state index contributed by atoms with van der Waals surface area (Å²) in [4.78, 5) is 22.7. The van der Waals surface area contributed by atoms with Crippen LogP contribution in [0.3, 0.4) is 0 Å². The molecule has 17 heavy (non-hydrogen) atoms. The predicted octanol–water partition coefficient (Wildman–Crippen LogP) is 1.67. The summed E-state index contributed by atoms with van der Waals surface area (Å²) in [5, 5.41) is 2.57. The van der Waals surface area contributed by atoms with Gasteiger partial charge < -0.3 is 10.1 Å². The minimum atomic E-state index is -0.625. The molecule has 0 heterocycles. The monoisotopic (exact) mass is 299 g/mol. The fraction of sp³-hybridized carbons (Fsp3) is 0.333. The van der Waals surface area contributed by atoms with E-state index in [0.29, 0.717) is 0 Å². The Kier molecular flexibility index (Phi) is 5.15. The van der Waals surface area contributed by atoms with E-state index in [9.17, 15) is 9.59 Å². The molecule has 0 radical (unpaired) electrons. The highest BCUT2D eigenvalue weighted by Gasteiger charge is 2.15. The van der Waals surface area contributed by atoms with E-state index in [1.807, 2.05) is 24.3 Å². The molecule has 0 aliphatic carbocycles. The van der Waals surface area contributed by atoms with Gasteiger partial charge >= 0.3 is 5.97 Å². The number of hydrogen-bond donors (Lipinski definition) is 1. The number of halogens is 1. The third-order valence-corrected chi connectivity index (χ3v) is 2.68. The Balaban J connectivity index is 2.53. The van der Waals surface area contributed by atoms with Gasteiger partial charge in [0.2, 0.25) is 5.91 Å². The lowest BCUT2D eigenvalue weighted by Gasteiger charge is -2.11. The Morgan fingerprint density at radius 1 is 1.47 bits per heavy atom. The lowest BCUT2D eigenvalue weighted by molar-refractivity contribution is -0.144. The van der Waals surface area contributed by atoms with Gasteiger partial charge in [-0.3, -0.25) is 4.79 Å². The zero-order valence-corrected chi connectivity index (χ0v) is 11.3. The average Bonchev–Trinajstić information content (AvgIpc) is 2.27. The number of carbonyl (C=O) groups excluding carboxylic acids is 2. The number of methoxy groups -OCH3 is 1. The Morgan fingerprint density at radius 2 is 2.18 bits per heavy atom. The molecule has 0 spiro atoms. The Hall–Kier alpha value is -1.36. The van der Waals surface area contributed by atoms with Crippen molar-refractivity contribution in [3.05, 3.63) is 34.3 Å². The van der Waals surface area contributed by atoms with Crippen LogP contribution in [0.2, 0.25) is 0 Å². The van der Waals surface area contributed by atoms with Crippen molar-refractivity contribution in [2.45, 2.75) is 19.4 Å². The fourth-order valence-electron chi connectivity index (χ4n) is 1.36. The molecule has 0 fully saturated rings. The summed E-state index contributed by atoms with van der Waals surface area (Å²) in [6.07, 6.45) is 0.237. The van der Waals surface area contributed by atoms with Crippen molar-refractivity contribution in [3.63, 3.8) is 0 Å². The molecule has 4 nitrogen and oxygen atoms in total. The first-order chi connectivity index (χ1) is 8.02. The first-order valence-corrected chi connectivity index (χ1v) is 5.94. The number of rotatable bonds is 4. The summed E-state index contributed by atoms with van der Waals surface area (Å²) >= 11 is 3.33. The van der Waals surface area contributed by atoms with Crippen molar-refractivity contribution >= 4 is 27.8 Å². The van der Waals surface area contributed by atoms with Gasteiger partial charge in [-0.15, -0.1) is 0 Å². The van der Waals surface area contributed by atoms with Crippen molar-refractivity contribution in [2.24, 2.45) is 0 Å². The summed E-state index contributed by atoms with van der Waals surface area (Å²) < 4.78 is 5.44. The summed E-state index contributed by atoms with van der Waals surface area (Å²) in [6.45, 7) is 1.59. The number of benzene rings is 1. The van der Waals surface area contributed by atoms with Crippen LogP contribution in [-0.2, 0) is 20.7 Å². The van der Waals surface area contributed by atoms with E-state index in [4.69, 9.17) is 0 Å². The Labute approximate surface area is 108 Å². The van der Waals surface area contributed by atoms with E-state index in [0.717, 1.165) is 10.0 Å². The number of ether oxygens (including phenoxy) is 1. The molecule has 1 amide bonds. The maximum Gasteiger partial charge on any atom is 0.328 e. The first kappa shape index (κ1) is 13.7. The number of nitrogens with one attached hydrogen (secondary N) is 1. The molecule has 0 aromatic heterocycles. The molecule has 1 N–H and O–H groups in total. The molecule has 0 saturated carbocycles. The van der Waals surface area contributed by atoms with Gasteiger partial charge in [0.25, 0.3) is 0 Å². The summed E-state index contributed by atoms with van der Waals surface area (Å²) in [7, 11) is 1.29. The van der Waals surface area contributed by atoms with Gasteiger partial charge in [0.15, 0.2) is 0 Å². The minimum absolute atomic E-state index is 0.207. The number of hydrogen-bond acceptors (Lipinski definition) is 3. The Morgan fingerprint density at radius 3 is 2.76 bits per heavy atom. The largest absolute Gasteiger partial charge is 0.467 e. The normalized spacial score (nSPS) is 11.7. The van der Waals surface area contributed by atoms with Crippen LogP contribution < -0.4 is 5.32 Å². The molecule has 92 valence electrons. The van der Waals surface area contributed by atoms with Gasteiger partial charge in [-0.05, 0) is 24.6 Å². The molecule has 1 rings (SSSR count). The van der Waals surface area contributed by atoms with Crippen LogP contribution in [0, 0.1) is 0 Å². The quantitative estimate of drug-likeness (QED) is 0.861. The molecule has 0 aliphatic heterocycles. The molecule has 1 atom stereocenters. The van der Waals surface area contributed by atoms with Crippen LogP contribution in [0.15, 0.2) is 28.7 Å². The lowest BCUT2D eigenvalue weighted by Crippen LogP contribution is -2.39. The topological polar surface area (TPSA) is 55.4 Å². The lowest BCUT2D eigenvalue weighted by atomic mass is 10.1. The maximum absolute atomic E-state index is 11.6. The van der Waals surface area contributed by atoms with E-state index in [1.165, 1.54) is 7.11 Å². The third-order valence-electron chi connectivity index (χ3n) is 2.19. The molecule has 1 aromatic carbocycles. The van der Waals surface area contributed by atoms with E-state index in [-0.39, 0.29) is 12.3 Å². The summed E-state index contributed by atoms with van der Waals surface area (Å²) in [5.41, 5.74) is 0.883. The van der Waals surface area contributed by atoms with Crippen LogP contribution in [0.25, 0.3) is 0 Å². The van der Waals surface area contributed by atoms with Crippen LogP contribution in [0.5, 0.6) is 0 Å². The van der Waals surface area contributed by atoms with Crippen LogP contribution in [0.4, 0.5) is 0 Å². The zero-order chi connectivity index (χ0) is 12.8. The Bertz CT molecular complexity index is 420. The maximum atomic E-state index is 11.6. The van der Waals surface area contributed by atoms with Gasteiger partial charge in [0.1, 0.15) is 6.04 Å². The van der Waals surface area contributed by atoms with E-state index < -0.39 is 12.0 Å². The minimum Gasteiger partial charge on any atom is -0.467 e. The average molecular weight is 300 g/mol. The molecule has 0 saturated heterocycles. The van der Waals surface area contributed by atoms with Gasteiger partial charge in [-0.25, -0.2) is 4.79 Å². The fourth-order valence-corrected chi connectivity index (χ4v) is 1.81. The number of esters is 1. The second kappa shape index (κ2) is 6.39. The molecule has 1 aromatic rings. The van der Waals surface area contributed by atoms with E-state index >= 15 is 0 Å². The highest BCUT2D eigenvalue weighted by atomic mass is 79.9. The van der Waals surface area contributed by atoms with Crippen LogP contribution in [0.1, 0.15) is 12.5 Å². The molecule has 1 unspecified atom stereocenters. The van der Waals surface area contributed by atoms with Crippen LogP contribution in [-0.4, -0.2) is 25.0 Å². The van der Waals surface area contributed by atoms with Gasteiger partial charge in [-0.1, -0.05) is 28.1 Å². The molecule has 5 heteroatoms. The van der Waals surface area contributed by atoms with Crippen LogP contribution >= 0.6 is 15.9 Å². The van der Waals surface area contributed by atoms with Gasteiger partial charge in [-0.2, -0.15) is 0 Å². The third kappa shape index (κ3) is 4.56. The summed E-state index contributed by atoms with van der Waals surface area (Å²) in [5.74, 6) is -0.659. The molecule has 0 aliphatic rings. The number of amides is 1. The van der Waals surface area contributed by atoms with Gasteiger partial charge in [0, 0.05) is 4.47 Å². The van der Waals surface area contributed by atoms with E-state index in [1.54, 1.807) is 6.92 Å². The SMILES string of the molecule is COC(=O)C(C)NC(=O)Cc1cccc(Br)c1. The predicted molar refractivity (Wildman–Crippen MR) is 67.5 cm³/mol. The van der Waals surface area contributed by atoms with Crippen molar-refractivity contribution in [1.29, 1.82) is 0 Å². The summed E-state index contributed by atoms with van der Waals surface area (Å²) in [6, 6.07) is 6.84. The van der Waals surface area contributed by atoms with Crippen molar-refractivity contribution < 1.29 is 14.3 Å². The highest BCUT2D eigenvalue weighted by molar-refractivity contribution is 9.10. The van der Waals surface area contributed by atoms with Gasteiger partial charge in [0.05, 0.1) is 13.5 Å². The first-order valence-electron chi connectivity index (χ1n) is 5.14. The second-order valence-corrected chi connectivity index (χ2v) is 4.53. The second-order valence-electron chi connectivity index (χ2n) is 3.62. The highest BCUT2D eigenvalue weighted by Crippen LogP contribution is 2.11. The molecular formula is C12H14BrNO3. The van der Waals surface area contributed by atoms with E-state index in [2.05, 4.69) is 26.0 Å². The van der Waals surface area contributed by atoms with Crippen molar-refractivity contribution in [1.82, 2.24) is 5.32 Å². The number of carbonyl (C=O) groups is 2. The smallest absolute Gasteiger partial charge is 0.328 e. The zero-order valence-electron chi connectivity index (χ0n) is 9.70. The standard InChI is InChI=1S/C12H14BrNO3/c1-8(12(16)17-2)14-11(15)7-9-4-3-5-10(13)6-9/h3-6,8H,7H2,1-2H3,(H,14,15). The van der Waals surface area contributed by atoms with Crippen molar-refractivity contribution in [3.8, 4) is 0 Å². The van der Waals surface area contributed by atoms with Crippen molar-refractivity contribution in [2.75, 3.05) is 7.11 Å².